The van der Waals surface area contributed by atoms with Crippen LogP contribution in [0.5, 0.6) is 11.5 Å². The molecule has 134 valence electrons. The van der Waals surface area contributed by atoms with Gasteiger partial charge in [-0.1, -0.05) is 23.7 Å². The minimum absolute atomic E-state index is 0.0278. The van der Waals surface area contributed by atoms with E-state index in [1.807, 2.05) is 38.4 Å². The molecule has 5 nitrogen and oxygen atoms in total. The number of rotatable bonds is 7. The number of likely N-dealkylation sites (N-methyl/N-ethyl adjacent to an activating group) is 1. The number of carbonyl (C=O) groups excluding carboxylic acids is 1. The minimum atomic E-state index is -0.222. The number of hydrogen-bond acceptors (Lipinski definition) is 4. The van der Waals surface area contributed by atoms with Crippen LogP contribution in [0.3, 0.4) is 0 Å². The third kappa shape index (κ3) is 4.87. The quantitative estimate of drug-likeness (QED) is 0.820. The molecule has 0 aliphatic carbocycles. The molecule has 1 atom stereocenters. The van der Waals surface area contributed by atoms with Crippen molar-refractivity contribution in [3.05, 3.63) is 58.6 Å². The molecule has 2 aromatic rings. The van der Waals surface area contributed by atoms with Crippen molar-refractivity contribution >= 4 is 17.5 Å². The molecule has 0 aromatic heterocycles. The second-order valence-electron chi connectivity index (χ2n) is 5.81. The molecule has 0 spiro atoms. The molecule has 2 aromatic carbocycles. The Labute approximate surface area is 153 Å². The first-order chi connectivity index (χ1) is 12.0. The molecule has 1 N–H and O–H groups in total. The highest BCUT2D eigenvalue weighted by Crippen LogP contribution is 2.24. The number of nitrogens with zero attached hydrogens (tertiary/aromatic N) is 1. The largest absolute Gasteiger partial charge is 0.497 e. The molecule has 0 saturated carbocycles. The van der Waals surface area contributed by atoms with Gasteiger partial charge in [-0.15, -0.1) is 0 Å². The number of hydrogen-bond donors (Lipinski definition) is 1. The molecule has 0 radical (unpaired) electrons. The van der Waals surface area contributed by atoms with Gasteiger partial charge < -0.3 is 19.7 Å². The lowest BCUT2D eigenvalue weighted by Crippen LogP contribution is -2.34. The van der Waals surface area contributed by atoms with E-state index in [4.69, 9.17) is 21.1 Å². The molecule has 6 heteroatoms. The van der Waals surface area contributed by atoms with E-state index in [0.717, 1.165) is 11.3 Å². The second-order valence-corrected chi connectivity index (χ2v) is 6.24. The summed E-state index contributed by atoms with van der Waals surface area (Å²) in [5.74, 6) is 1.07. The van der Waals surface area contributed by atoms with Crippen molar-refractivity contribution in [2.24, 2.45) is 0 Å². The van der Waals surface area contributed by atoms with E-state index in [1.54, 1.807) is 25.3 Å². The van der Waals surface area contributed by atoms with Gasteiger partial charge in [-0.2, -0.15) is 0 Å². The number of nitrogens with one attached hydrogen (secondary N) is 1. The molecule has 0 fully saturated rings. The summed E-state index contributed by atoms with van der Waals surface area (Å²) in [6, 6.07) is 12.8. The molecule has 1 unspecified atom stereocenters. The Morgan fingerprint density at radius 2 is 1.80 bits per heavy atom. The zero-order valence-corrected chi connectivity index (χ0v) is 15.6. The van der Waals surface area contributed by atoms with E-state index < -0.39 is 0 Å². The van der Waals surface area contributed by atoms with E-state index in [2.05, 4.69) is 10.2 Å². The van der Waals surface area contributed by atoms with Crippen LogP contribution in [0, 0.1) is 0 Å². The molecule has 0 heterocycles. The van der Waals surface area contributed by atoms with Crippen molar-refractivity contribution in [1.29, 1.82) is 0 Å². The predicted molar refractivity (Wildman–Crippen MR) is 99.8 cm³/mol. The topological polar surface area (TPSA) is 50.8 Å². The molecule has 0 saturated heterocycles. The third-order valence-electron chi connectivity index (χ3n) is 3.99. The van der Waals surface area contributed by atoms with Crippen LogP contribution in [0.15, 0.2) is 42.5 Å². The summed E-state index contributed by atoms with van der Waals surface area (Å²) in [6.07, 6.45) is 0. The first-order valence-corrected chi connectivity index (χ1v) is 8.26. The summed E-state index contributed by atoms with van der Waals surface area (Å²) < 4.78 is 10.4. The van der Waals surface area contributed by atoms with Gasteiger partial charge in [0.15, 0.2) is 0 Å². The maximum atomic E-state index is 12.5. The fourth-order valence-electron chi connectivity index (χ4n) is 2.57. The lowest BCUT2D eigenvalue weighted by atomic mass is 10.1. The SMILES string of the molecule is COc1ccc(C(CNC(=O)c2cc(Cl)ccc2OC)N(C)C)cc1. The van der Waals surface area contributed by atoms with Gasteiger partial charge in [0.1, 0.15) is 11.5 Å². The highest BCUT2D eigenvalue weighted by Gasteiger charge is 2.18. The van der Waals surface area contributed by atoms with Gasteiger partial charge in [-0.05, 0) is 50.0 Å². The van der Waals surface area contributed by atoms with E-state index >= 15 is 0 Å². The highest BCUT2D eigenvalue weighted by molar-refractivity contribution is 6.31. The zero-order valence-electron chi connectivity index (χ0n) is 14.9. The van der Waals surface area contributed by atoms with Crippen LogP contribution in [0.4, 0.5) is 0 Å². The standard InChI is InChI=1S/C19H23ClN2O3/c1-22(2)17(13-5-8-15(24-3)9-6-13)12-21-19(23)16-11-14(20)7-10-18(16)25-4/h5-11,17H,12H2,1-4H3,(H,21,23). The lowest BCUT2D eigenvalue weighted by molar-refractivity contribution is 0.0939. The molecule has 0 aliphatic rings. The molecule has 25 heavy (non-hydrogen) atoms. The van der Waals surface area contributed by atoms with Crippen molar-refractivity contribution < 1.29 is 14.3 Å². The summed E-state index contributed by atoms with van der Waals surface area (Å²) in [4.78, 5) is 14.6. The second kappa shape index (κ2) is 8.74. The first kappa shape index (κ1) is 19.1. The summed E-state index contributed by atoms with van der Waals surface area (Å²) in [6.45, 7) is 0.452. The van der Waals surface area contributed by atoms with Crippen molar-refractivity contribution in [2.45, 2.75) is 6.04 Å². The van der Waals surface area contributed by atoms with Gasteiger partial charge in [0.2, 0.25) is 0 Å². The minimum Gasteiger partial charge on any atom is -0.497 e. The van der Waals surface area contributed by atoms with Crippen molar-refractivity contribution in [1.82, 2.24) is 10.2 Å². The van der Waals surface area contributed by atoms with Crippen LogP contribution in [0.25, 0.3) is 0 Å². The van der Waals surface area contributed by atoms with Gasteiger partial charge in [0.25, 0.3) is 5.91 Å². The number of carbonyl (C=O) groups is 1. The van der Waals surface area contributed by atoms with E-state index in [9.17, 15) is 4.79 Å². The smallest absolute Gasteiger partial charge is 0.255 e. The van der Waals surface area contributed by atoms with Gasteiger partial charge in [0.05, 0.1) is 25.8 Å². The molecule has 2 rings (SSSR count). The average Bonchev–Trinajstić information content (AvgIpc) is 2.62. The number of amides is 1. The van der Waals surface area contributed by atoms with Crippen LogP contribution >= 0.6 is 11.6 Å². The van der Waals surface area contributed by atoms with Crippen LogP contribution in [0.2, 0.25) is 5.02 Å². The Balaban J connectivity index is 2.13. The Morgan fingerprint density at radius 1 is 1.12 bits per heavy atom. The fraction of sp³-hybridized carbons (Fsp3) is 0.316. The molecular formula is C19H23ClN2O3. The molecule has 0 aliphatic heterocycles. The Kier molecular flexibility index (Phi) is 6.67. The van der Waals surface area contributed by atoms with Crippen molar-refractivity contribution in [2.75, 3.05) is 34.9 Å². The van der Waals surface area contributed by atoms with E-state index in [1.165, 1.54) is 7.11 Å². The Morgan fingerprint density at radius 3 is 2.36 bits per heavy atom. The van der Waals surface area contributed by atoms with Gasteiger partial charge in [-0.3, -0.25) is 4.79 Å². The maximum absolute atomic E-state index is 12.5. The average molecular weight is 363 g/mol. The normalized spacial score (nSPS) is 11.9. The first-order valence-electron chi connectivity index (χ1n) is 7.88. The molecule has 1 amide bonds. The van der Waals surface area contributed by atoms with Gasteiger partial charge >= 0.3 is 0 Å². The van der Waals surface area contributed by atoms with Gasteiger partial charge in [-0.25, -0.2) is 0 Å². The molecule has 0 bridgehead atoms. The van der Waals surface area contributed by atoms with Crippen LogP contribution in [-0.4, -0.2) is 45.7 Å². The fourth-order valence-corrected chi connectivity index (χ4v) is 2.74. The van der Waals surface area contributed by atoms with E-state index in [0.29, 0.717) is 22.9 Å². The Hall–Kier alpha value is -2.24. The predicted octanol–water partition coefficient (Wildman–Crippen LogP) is 3.39. The third-order valence-corrected chi connectivity index (χ3v) is 4.22. The summed E-state index contributed by atoms with van der Waals surface area (Å²) in [7, 11) is 7.11. The maximum Gasteiger partial charge on any atom is 0.255 e. The summed E-state index contributed by atoms with van der Waals surface area (Å²) >= 11 is 6.00. The molecular weight excluding hydrogens is 340 g/mol. The lowest BCUT2D eigenvalue weighted by Gasteiger charge is -2.25. The monoisotopic (exact) mass is 362 g/mol. The van der Waals surface area contributed by atoms with Crippen LogP contribution in [0.1, 0.15) is 22.0 Å². The van der Waals surface area contributed by atoms with Crippen molar-refractivity contribution in [3.63, 3.8) is 0 Å². The van der Waals surface area contributed by atoms with Gasteiger partial charge in [0, 0.05) is 11.6 Å². The number of ether oxygens (including phenoxy) is 2. The summed E-state index contributed by atoms with van der Waals surface area (Å²) in [5, 5.41) is 3.45. The Bertz CT molecular complexity index is 717. The van der Waals surface area contributed by atoms with Crippen molar-refractivity contribution in [3.8, 4) is 11.5 Å². The van der Waals surface area contributed by atoms with E-state index in [-0.39, 0.29) is 11.9 Å². The number of benzene rings is 2. The summed E-state index contributed by atoms with van der Waals surface area (Å²) in [5.41, 5.74) is 1.51. The van der Waals surface area contributed by atoms with Crippen LogP contribution < -0.4 is 14.8 Å². The number of methoxy groups -OCH3 is 2. The highest BCUT2D eigenvalue weighted by atomic mass is 35.5. The number of halogens is 1. The zero-order chi connectivity index (χ0) is 18.4. The van der Waals surface area contributed by atoms with Crippen LogP contribution in [-0.2, 0) is 0 Å².